The third-order valence-corrected chi connectivity index (χ3v) is 3.06. The average molecular weight is 238 g/mol. The lowest BCUT2D eigenvalue weighted by Gasteiger charge is -2.32. The number of carbonyl (C=O) groups excluding carboxylic acids is 1. The van der Waals surface area contributed by atoms with Gasteiger partial charge in [0.05, 0.1) is 6.07 Å². The van der Waals surface area contributed by atoms with Gasteiger partial charge in [0, 0.05) is 32.7 Å². The number of carbonyl (C=O) groups is 1. The van der Waals surface area contributed by atoms with Gasteiger partial charge < -0.3 is 15.1 Å². The van der Waals surface area contributed by atoms with E-state index >= 15 is 0 Å². The second-order valence-corrected chi connectivity index (χ2v) is 4.54. The van der Waals surface area contributed by atoms with Gasteiger partial charge in [-0.3, -0.25) is 4.79 Å². The summed E-state index contributed by atoms with van der Waals surface area (Å²) in [6.45, 7) is 6.41. The van der Waals surface area contributed by atoms with Crippen LogP contribution in [-0.4, -0.2) is 62.0 Å². The van der Waals surface area contributed by atoms with Gasteiger partial charge in [0.15, 0.2) is 0 Å². The quantitative estimate of drug-likeness (QED) is 0.664. The Morgan fingerprint density at radius 3 is 2.65 bits per heavy atom. The van der Waals surface area contributed by atoms with Crippen molar-refractivity contribution in [1.82, 2.24) is 15.1 Å². The van der Waals surface area contributed by atoms with E-state index in [1.807, 2.05) is 6.07 Å². The molecule has 0 aromatic carbocycles. The largest absolute Gasteiger partial charge is 0.355 e. The zero-order chi connectivity index (χ0) is 12.5. The number of rotatable bonds is 6. The van der Waals surface area contributed by atoms with E-state index in [0.29, 0.717) is 6.54 Å². The van der Waals surface area contributed by atoms with E-state index in [4.69, 9.17) is 5.26 Å². The summed E-state index contributed by atoms with van der Waals surface area (Å²) in [6.07, 6.45) is 2.07. The number of amides is 1. The highest BCUT2D eigenvalue weighted by molar-refractivity contribution is 5.77. The highest BCUT2D eigenvalue weighted by Gasteiger charge is 2.12. The molecule has 17 heavy (non-hydrogen) atoms. The summed E-state index contributed by atoms with van der Waals surface area (Å²) in [5, 5.41) is 11.0. The monoisotopic (exact) mass is 238 g/mol. The molecule has 0 unspecified atom stereocenters. The Labute approximate surface area is 103 Å². The second kappa shape index (κ2) is 8.04. The van der Waals surface area contributed by atoms with Gasteiger partial charge in [-0.25, -0.2) is 0 Å². The van der Waals surface area contributed by atoms with Crippen molar-refractivity contribution in [3.63, 3.8) is 0 Å². The van der Waals surface area contributed by atoms with E-state index in [-0.39, 0.29) is 12.3 Å². The van der Waals surface area contributed by atoms with E-state index in [0.717, 1.165) is 45.6 Å². The normalized spacial score (nSPS) is 17.6. The molecule has 0 atom stereocenters. The fourth-order valence-corrected chi connectivity index (χ4v) is 1.89. The van der Waals surface area contributed by atoms with Crippen LogP contribution in [0.25, 0.3) is 0 Å². The van der Waals surface area contributed by atoms with Crippen LogP contribution in [-0.2, 0) is 4.79 Å². The zero-order valence-electron chi connectivity index (χ0n) is 10.6. The van der Waals surface area contributed by atoms with Crippen molar-refractivity contribution in [2.75, 3.05) is 46.3 Å². The lowest BCUT2D eigenvalue weighted by Crippen LogP contribution is -2.44. The Balaban J connectivity index is 1.94. The van der Waals surface area contributed by atoms with Crippen LogP contribution in [0.1, 0.15) is 19.3 Å². The van der Waals surface area contributed by atoms with Gasteiger partial charge in [0.25, 0.3) is 0 Å². The third kappa shape index (κ3) is 6.25. The standard InChI is InChI=1S/C12H22N4O/c1-15-8-10-16(11-9-15)7-3-2-6-14-12(17)4-5-13/h2-4,6-11H2,1H3,(H,14,17). The molecule has 1 heterocycles. The summed E-state index contributed by atoms with van der Waals surface area (Å²) in [5.41, 5.74) is 0. The van der Waals surface area contributed by atoms with Crippen molar-refractivity contribution in [2.24, 2.45) is 0 Å². The van der Waals surface area contributed by atoms with Crippen LogP contribution in [0.3, 0.4) is 0 Å². The van der Waals surface area contributed by atoms with Crippen LogP contribution in [0.4, 0.5) is 0 Å². The number of nitrogens with one attached hydrogen (secondary N) is 1. The summed E-state index contributed by atoms with van der Waals surface area (Å²) >= 11 is 0. The number of unbranched alkanes of at least 4 members (excludes halogenated alkanes) is 1. The van der Waals surface area contributed by atoms with E-state index in [1.54, 1.807) is 0 Å². The van der Waals surface area contributed by atoms with Crippen LogP contribution in [0, 0.1) is 11.3 Å². The fraction of sp³-hybridized carbons (Fsp3) is 0.833. The molecule has 5 nitrogen and oxygen atoms in total. The molecule has 5 heteroatoms. The Morgan fingerprint density at radius 2 is 2.00 bits per heavy atom. The van der Waals surface area contributed by atoms with Gasteiger partial charge in [0.1, 0.15) is 6.42 Å². The van der Waals surface area contributed by atoms with Gasteiger partial charge >= 0.3 is 0 Å². The molecule has 1 aliphatic heterocycles. The zero-order valence-corrected chi connectivity index (χ0v) is 10.6. The molecule has 0 radical (unpaired) electrons. The van der Waals surface area contributed by atoms with Crippen molar-refractivity contribution >= 4 is 5.91 Å². The number of nitriles is 1. The molecule has 1 saturated heterocycles. The SMILES string of the molecule is CN1CCN(CCCCNC(=O)CC#N)CC1. The van der Waals surface area contributed by atoms with Gasteiger partial charge in [0.2, 0.25) is 5.91 Å². The van der Waals surface area contributed by atoms with Gasteiger partial charge in [-0.1, -0.05) is 0 Å². The Morgan fingerprint density at radius 1 is 1.29 bits per heavy atom. The number of hydrogen-bond acceptors (Lipinski definition) is 4. The highest BCUT2D eigenvalue weighted by atomic mass is 16.1. The molecule has 1 aliphatic rings. The number of likely N-dealkylation sites (N-methyl/N-ethyl adjacent to an activating group) is 1. The summed E-state index contributed by atoms with van der Waals surface area (Å²) < 4.78 is 0. The summed E-state index contributed by atoms with van der Waals surface area (Å²) in [6, 6.07) is 1.84. The summed E-state index contributed by atoms with van der Waals surface area (Å²) in [4.78, 5) is 15.8. The van der Waals surface area contributed by atoms with Crippen LogP contribution in [0.2, 0.25) is 0 Å². The first-order valence-corrected chi connectivity index (χ1v) is 6.27. The minimum atomic E-state index is -0.160. The van der Waals surface area contributed by atoms with Crippen molar-refractivity contribution in [3.8, 4) is 6.07 Å². The van der Waals surface area contributed by atoms with E-state index in [2.05, 4.69) is 22.2 Å². The molecular formula is C12H22N4O. The molecule has 1 fully saturated rings. The minimum absolute atomic E-state index is 0.0293. The Bertz CT molecular complexity index is 266. The van der Waals surface area contributed by atoms with E-state index < -0.39 is 0 Å². The molecule has 0 spiro atoms. The van der Waals surface area contributed by atoms with E-state index in [9.17, 15) is 4.79 Å². The summed E-state index contributed by atoms with van der Waals surface area (Å²) in [5.74, 6) is -0.160. The average Bonchev–Trinajstić information content (AvgIpc) is 2.31. The first-order valence-electron chi connectivity index (χ1n) is 6.27. The van der Waals surface area contributed by atoms with Crippen molar-refractivity contribution < 1.29 is 4.79 Å². The molecule has 1 N–H and O–H groups in total. The van der Waals surface area contributed by atoms with Gasteiger partial charge in [-0.15, -0.1) is 0 Å². The Kier molecular flexibility index (Phi) is 6.60. The lowest BCUT2D eigenvalue weighted by atomic mass is 10.2. The molecule has 0 bridgehead atoms. The molecule has 96 valence electrons. The number of hydrogen-bond donors (Lipinski definition) is 1. The lowest BCUT2D eigenvalue weighted by molar-refractivity contribution is -0.120. The minimum Gasteiger partial charge on any atom is -0.355 e. The van der Waals surface area contributed by atoms with E-state index in [1.165, 1.54) is 0 Å². The van der Waals surface area contributed by atoms with Crippen molar-refractivity contribution in [1.29, 1.82) is 5.26 Å². The maximum Gasteiger partial charge on any atom is 0.234 e. The second-order valence-electron chi connectivity index (χ2n) is 4.54. The molecule has 0 saturated carbocycles. The smallest absolute Gasteiger partial charge is 0.234 e. The Hall–Kier alpha value is -1.12. The number of nitrogens with zero attached hydrogens (tertiary/aromatic N) is 3. The molecule has 0 aromatic rings. The predicted octanol–water partition coefficient (Wildman–Crippen LogP) is 0.0439. The maximum absolute atomic E-state index is 11.0. The van der Waals surface area contributed by atoms with Crippen LogP contribution >= 0.6 is 0 Å². The maximum atomic E-state index is 11.0. The summed E-state index contributed by atoms with van der Waals surface area (Å²) in [7, 11) is 2.15. The fourth-order valence-electron chi connectivity index (χ4n) is 1.89. The van der Waals surface area contributed by atoms with Crippen LogP contribution < -0.4 is 5.32 Å². The van der Waals surface area contributed by atoms with Gasteiger partial charge in [-0.2, -0.15) is 5.26 Å². The van der Waals surface area contributed by atoms with Crippen molar-refractivity contribution in [2.45, 2.75) is 19.3 Å². The first-order chi connectivity index (χ1) is 8.22. The molecular weight excluding hydrogens is 216 g/mol. The topological polar surface area (TPSA) is 59.4 Å². The highest BCUT2D eigenvalue weighted by Crippen LogP contribution is 2.01. The number of piperazine rings is 1. The van der Waals surface area contributed by atoms with Crippen LogP contribution in [0.5, 0.6) is 0 Å². The predicted molar refractivity (Wildman–Crippen MR) is 66.4 cm³/mol. The third-order valence-electron chi connectivity index (χ3n) is 3.06. The molecule has 0 aromatic heterocycles. The molecule has 1 amide bonds. The van der Waals surface area contributed by atoms with Crippen molar-refractivity contribution in [3.05, 3.63) is 0 Å². The first kappa shape index (κ1) is 13.9. The molecule has 0 aliphatic carbocycles. The van der Waals surface area contributed by atoms with Gasteiger partial charge in [-0.05, 0) is 26.4 Å². The molecule has 1 rings (SSSR count). The van der Waals surface area contributed by atoms with Crippen LogP contribution in [0.15, 0.2) is 0 Å².